The predicted molar refractivity (Wildman–Crippen MR) is 70.6 cm³/mol. The van der Waals surface area contributed by atoms with E-state index in [4.69, 9.17) is 0 Å². The Labute approximate surface area is 103 Å². The lowest BCUT2D eigenvalue weighted by molar-refractivity contribution is 0.521. The van der Waals surface area contributed by atoms with Gasteiger partial charge in [0, 0.05) is 20.1 Å². The Kier molecular flexibility index (Phi) is 4.31. The zero-order valence-electron chi connectivity index (χ0n) is 10.3. The van der Waals surface area contributed by atoms with Crippen LogP contribution in [0.2, 0.25) is 0 Å². The molecule has 0 amide bonds. The summed E-state index contributed by atoms with van der Waals surface area (Å²) in [4.78, 5) is 0.277. The van der Waals surface area contributed by atoms with Crippen LogP contribution in [0.4, 0.5) is 5.69 Å². The molecule has 0 radical (unpaired) electrons. The van der Waals surface area contributed by atoms with Gasteiger partial charge in [-0.1, -0.05) is 18.2 Å². The molecule has 17 heavy (non-hydrogen) atoms. The third-order valence-corrected chi connectivity index (χ3v) is 4.26. The van der Waals surface area contributed by atoms with Crippen LogP contribution in [0.5, 0.6) is 0 Å². The zero-order valence-corrected chi connectivity index (χ0v) is 11.2. The van der Waals surface area contributed by atoms with E-state index in [1.54, 1.807) is 30.3 Å². The SMILES string of the molecule is C=CC(C)Nc1ccccc1S(=O)(=O)N(C)C. The summed E-state index contributed by atoms with van der Waals surface area (Å²) in [5, 5.41) is 3.10. The fourth-order valence-electron chi connectivity index (χ4n) is 1.31. The summed E-state index contributed by atoms with van der Waals surface area (Å²) < 4.78 is 25.4. The molecule has 0 heterocycles. The molecule has 0 aliphatic carbocycles. The molecule has 0 aliphatic heterocycles. The minimum absolute atomic E-state index is 0.00788. The summed E-state index contributed by atoms with van der Waals surface area (Å²) in [6.07, 6.45) is 1.72. The number of nitrogens with one attached hydrogen (secondary N) is 1. The van der Waals surface area contributed by atoms with Gasteiger partial charge in [0.2, 0.25) is 10.0 Å². The molecule has 0 bridgehead atoms. The van der Waals surface area contributed by atoms with Gasteiger partial charge in [0.1, 0.15) is 4.90 Å². The van der Waals surface area contributed by atoms with Crippen molar-refractivity contribution in [3.63, 3.8) is 0 Å². The third-order valence-electron chi connectivity index (χ3n) is 2.38. The molecule has 0 aromatic heterocycles. The van der Waals surface area contributed by atoms with Gasteiger partial charge in [0.05, 0.1) is 5.69 Å². The van der Waals surface area contributed by atoms with Crippen LogP contribution in [0.3, 0.4) is 0 Å². The second-order valence-electron chi connectivity index (χ2n) is 3.95. The first-order chi connectivity index (χ1) is 7.89. The van der Waals surface area contributed by atoms with Crippen LogP contribution < -0.4 is 5.32 Å². The molecule has 5 heteroatoms. The second-order valence-corrected chi connectivity index (χ2v) is 6.07. The lowest BCUT2D eigenvalue weighted by Crippen LogP contribution is -2.24. The van der Waals surface area contributed by atoms with E-state index < -0.39 is 10.0 Å². The van der Waals surface area contributed by atoms with E-state index in [9.17, 15) is 8.42 Å². The molecule has 1 N–H and O–H groups in total. The lowest BCUT2D eigenvalue weighted by atomic mass is 10.2. The molecule has 4 nitrogen and oxygen atoms in total. The van der Waals surface area contributed by atoms with Crippen LogP contribution in [0.25, 0.3) is 0 Å². The maximum absolute atomic E-state index is 12.1. The van der Waals surface area contributed by atoms with Crippen LogP contribution in [0.15, 0.2) is 41.8 Å². The molecule has 1 unspecified atom stereocenters. The highest BCUT2D eigenvalue weighted by atomic mass is 32.2. The summed E-state index contributed by atoms with van der Waals surface area (Å²) in [5.74, 6) is 0. The van der Waals surface area contributed by atoms with Crippen LogP contribution in [0.1, 0.15) is 6.92 Å². The number of benzene rings is 1. The Morgan fingerprint density at radius 1 is 1.35 bits per heavy atom. The number of nitrogens with zero attached hydrogens (tertiary/aromatic N) is 1. The highest BCUT2D eigenvalue weighted by Crippen LogP contribution is 2.23. The average molecular weight is 254 g/mol. The van der Waals surface area contributed by atoms with E-state index in [0.717, 1.165) is 0 Å². The predicted octanol–water partition coefficient (Wildman–Crippen LogP) is 1.92. The van der Waals surface area contributed by atoms with Crippen LogP contribution in [-0.2, 0) is 10.0 Å². The summed E-state index contributed by atoms with van der Waals surface area (Å²) in [6.45, 7) is 5.57. The number of hydrogen-bond acceptors (Lipinski definition) is 3. The van der Waals surface area contributed by atoms with Gasteiger partial charge in [-0.15, -0.1) is 6.58 Å². The third kappa shape index (κ3) is 3.08. The molecule has 1 aromatic carbocycles. The fourth-order valence-corrected chi connectivity index (χ4v) is 2.36. The molecule has 0 saturated carbocycles. The molecule has 0 fully saturated rings. The van der Waals surface area contributed by atoms with Crippen molar-refractivity contribution in [1.82, 2.24) is 4.31 Å². The second kappa shape index (κ2) is 5.33. The topological polar surface area (TPSA) is 49.4 Å². The summed E-state index contributed by atoms with van der Waals surface area (Å²) >= 11 is 0. The van der Waals surface area contributed by atoms with Gasteiger partial charge in [0.15, 0.2) is 0 Å². The zero-order chi connectivity index (χ0) is 13.1. The van der Waals surface area contributed by atoms with Gasteiger partial charge in [-0.05, 0) is 19.1 Å². The van der Waals surface area contributed by atoms with E-state index in [-0.39, 0.29) is 10.9 Å². The monoisotopic (exact) mass is 254 g/mol. The molecule has 94 valence electrons. The van der Waals surface area contributed by atoms with E-state index in [1.807, 2.05) is 6.92 Å². The number of sulfonamides is 1. The standard InChI is InChI=1S/C12H18N2O2S/c1-5-10(2)13-11-8-6-7-9-12(11)17(15,16)14(3)4/h5-10,13H,1H2,2-4H3. The molecular weight excluding hydrogens is 236 g/mol. The van der Waals surface area contributed by atoms with Crippen molar-refractivity contribution in [2.24, 2.45) is 0 Å². The Bertz CT molecular complexity index is 495. The molecule has 1 atom stereocenters. The van der Waals surface area contributed by atoms with E-state index in [0.29, 0.717) is 5.69 Å². The smallest absolute Gasteiger partial charge is 0.244 e. The van der Waals surface area contributed by atoms with Crippen LogP contribution in [-0.4, -0.2) is 32.9 Å². The van der Waals surface area contributed by atoms with E-state index >= 15 is 0 Å². The average Bonchev–Trinajstić information content (AvgIpc) is 2.29. The first-order valence-corrected chi connectivity index (χ1v) is 6.74. The fraction of sp³-hybridized carbons (Fsp3) is 0.333. The largest absolute Gasteiger partial charge is 0.378 e. The molecule has 0 saturated heterocycles. The summed E-state index contributed by atoms with van der Waals surface area (Å²) in [5.41, 5.74) is 0.591. The van der Waals surface area contributed by atoms with Gasteiger partial charge in [0.25, 0.3) is 0 Å². The molecule has 0 spiro atoms. The Balaban J connectivity index is 3.21. The van der Waals surface area contributed by atoms with Gasteiger partial charge in [-0.25, -0.2) is 12.7 Å². The van der Waals surface area contributed by atoms with Gasteiger partial charge in [-0.2, -0.15) is 0 Å². The first-order valence-electron chi connectivity index (χ1n) is 5.30. The van der Waals surface area contributed by atoms with E-state index in [1.165, 1.54) is 18.4 Å². The van der Waals surface area contributed by atoms with Crippen molar-refractivity contribution in [2.45, 2.75) is 17.9 Å². The van der Waals surface area contributed by atoms with Crippen molar-refractivity contribution in [3.8, 4) is 0 Å². The van der Waals surface area contributed by atoms with Crippen LogP contribution >= 0.6 is 0 Å². The maximum Gasteiger partial charge on any atom is 0.244 e. The number of hydrogen-bond donors (Lipinski definition) is 1. The van der Waals surface area contributed by atoms with Gasteiger partial charge in [-0.3, -0.25) is 0 Å². The van der Waals surface area contributed by atoms with Gasteiger partial charge < -0.3 is 5.32 Å². The van der Waals surface area contributed by atoms with Gasteiger partial charge >= 0.3 is 0 Å². The number of rotatable bonds is 5. The van der Waals surface area contributed by atoms with Crippen molar-refractivity contribution in [2.75, 3.05) is 19.4 Å². The minimum atomic E-state index is -3.42. The van der Waals surface area contributed by atoms with Crippen molar-refractivity contribution < 1.29 is 8.42 Å². The minimum Gasteiger partial charge on any atom is -0.378 e. The quantitative estimate of drug-likeness (QED) is 0.817. The maximum atomic E-state index is 12.1. The highest BCUT2D eigenvalue weighted by molar-refractivity contribution is 7.89. The Hall–Kier alpha value is -1.33. The van der Waals surface area contributed by atoms with Crippen molar-refractivity contribution in [1.29, 1.82) is 0 Å². The number of anilines is 1. The van der Waals surface area contributed by atoms with Crippen LogP contribution in [0, 0.1) is 0 Å². The highest BCUT2D eigenvalue weighted by Gasteiger charge is 2.20. The Morgan fingerprint density at radius 3 is 2.47 bits per heavy atom. The lowest BCUT2D eigenvalue weighted by Gasteiger charge is -2.18. The van der Waals surface area contributed by atoms with Crippen molar-refractivity contribution >= 4 is 15.7 Å². The summed E-state index contributed by atoms with van der Waals surface area (Å²) in [6, 6.07) is 6.85. The Morgan fingerprint density at radius 2 is 1.94 bits per heavy atom. The summed E-state index contributed by atoms with van der Waals surface area (Å²) in [7, 11) is -0.391. The normalized spacial score (nSPS) is 13.4. The van der Waals surface area contributed by atoms with Crippen molar-refractivity contribution in [3.05, 3.63) is 36.9 Å². The first kappa shape index (κ1) is 13.7. The molecular formula is C12H18N2O2S. The van der Waals surface area contributed by atoms with E-state index in [2.05, 4.69) is 11.9 Å². The molecule has 0 aliphatic rings. The molecule has 1 rings (SSSR count). The number of para-hydroxylation sites is 1. The molecule has 1 aromatic rings.